The fourth-order valence-corrected chi connectivity index (χ4v) is 2.01. The molecule has 0 heterocycles. The van der Waals surface area contributed by atoms with E-state index in [1.54, 1.807) is 18.3 Å². The maximum absolute atomic E-state index is 9.93. The Balaban J connectivity index is 2.39. The zero-order chi connectivity index (χ0) is 15.6. The fraction of sp³-hybridized carbons (Fsp3) is 0.278. The van der Waals surface area contributed by atoms with Gasteiger partial charge in [-0.3, -0.25) is 4.99 Å². The Morgan fingerprint density at radius 3 is 2.29 bits per heavy atom. The van der Waals surface area contributed by atoms with Crippen LogP contribution in [0.2, 0.25) is 0 Å². The molecule has 0 aliphatic carbocycles. The van der Waals surface area contributed by atoms with Crippen molar-refractivity contribution in [3.63, 3.8) is 0 Å². The van der Waals surface area contributed by atoms with Crippen molar-refractivity contribution < 1.29 is 10.2 Å². The summed E-state index contributed by atoms with van der Waals surface area (Å²) < 4.78 is 0. The highest BCUT2D eigenvalue weighted by atomic mass is 16.3. The number of aliphatic imine (C=N–C) groups is 1. The molecule has 0 aromatic heterocycles. The van der Waals surface area contributed by atoms with Crippen LogP contribution in [0.25, 0.3) is 0 Å². The van der Waals surface area contributed by atoms with E-state index in [9.17, 15) is 10.2 Å². The molecule has 2 rings (SSSR count). The minimum atomic E-state index is -0.0105. The standard InChI is InChI=1S/C18H21NO2/c1-12-5-7-16(20)13(9-12)11-19-15-10-14(18(2,3)4)6-8-17(15)21/h5-11,20-21H,1-4H3. The van der Waals surface area contributed by atoms with Gasteiger partial charge in [-0.25, -0.2) is 0 Å². The van der Waals surface area contributed by atoms with E-state index < -0.39 is 0 Å². The Labute approximate surface area is 125 Å². The lowest BCUT2D eigenvalue weighted by molar-refractivity contribution is 0.473. The molecule has 2 aromatic rings. The van der Waals surface area contributed by atoms with E-state index in [-0.39, 0.29) is 16.9 Å². The number of nitrogens with zero attached hydrogens (tertiary/aromatic N) is 1. The lowest BCUT2D eigenvalue weighted by atomic mass is 9.87. The molecule has 0 saturated heterocycles. The first kappa shape index (κ1) is 15.1. The molecule has 0 aliphatic heterocycles. The van der Waals surface area contributed by atoms with Gasteiger partial charge < -0.3 is 10.2 Å². The molecule has 0 bridgehead atoms. The number of rotatable bonds is 2. The molecule has 0 aliphatic rings. The van der Waals surface area contributed by atoms with Crippen LogP contribution in [0.15, 0.2) is 41.4 Å². The van der Waals surface area contributed by atoms with Gasteiger partial charge in [0.25, 0.3) is 0 Å². The molecule has 0 fully saturated rings. The summed E-state index contributed by atoms with van der Waals surface area (Å²) in [4.78, 5) is 4.32. The van der Waals surface area contributed by atoms with Crippen LogP contribution >= 0.6 is 0 Å². The lowest BCUT2D eigenvalue weighted by Crippen LogP contribution is -2.10. The number of aryl methyl sites for hydroxylation is 1. The van der Waals surface area contributed by atoms with Crippen LogP contribution < -0.4 is 0 Å². The maximum Gasteiger partial charge on any atom is 0.141 e. The maximum atomic E-state index is 9.93. The summed E-state index contributed by atoms with van der Waals surface area (Å²) in [5.41, 5.74) is 3.27. The van der Waals surface area contributed by atoms with E-state index in [0.29, 0.717) is 11.3 Å². The highest BCUT2D eigenvalue weighted by Gasteiger charge is 2.15. The van der Waals surface area contributed by atoms with Crippen LogP contribution in [0.3, 0.4) is 0 Å². The predicted octanol–water partition coefficient (Wildman–Crippen LogP) is 4.45. The molecule has 2 N–H and O–H groups in total. The summed E-state index contributed by atoms with van der Waals surface area (Å²) in [5, 5.41) is 19.7. The largest absolute Gasteiger partial charge is 0.507 e. The minimum absolute atomic E-state index is 0.0105. The number of aromatic hydroxyl groups is 2. The second-order valence-electron chi connectivity index (χ2n) is 6.27. The Morgan fingerprint density at radius 1 is 0.952 bits per heavy atom. The van der Waals surface area contributed by atoms with Crippen molar-refractivity contribution in [3.05, 3.63) is 53.1 Å². The quantitative estimate of drug-likeness (QED) is 0.800. The number of benzene rings is 2. The third-order valence-electron chi connectivity index (χ3n) is 3.37. The van der Waals surface area contributed by atoms with E-state index in [4.69, 9.17) is 0 Å². The summed E-state index contributed by atoms with van der Waals surface area (Å²) in [7, 11) is 0. The lowest BCUT2D eigenvalue weighted by Gasteiger charge is -2.19. The van der Waals surface area contributed by atoms with Crippen molar-refractivity contribution in [1.82, 2.24) is 0 Å². The molecule has 0 radical (unpaired) electrons. The van der Waals surface area contributed by atoms with E-state index in [1.807, 2.05) is 31.2 Å². The van der Waals surface area contributed by atoms with Gasteiger partial charge in [-0.15, -0.1) is 0 Å². The van der Waals surface area contributed by atoms with Gasteiger partial charge in [0.1, 0.15) is 17.2 Å². The first-order valence-corrected chi connectivity index (χ1v) is 6.94. The minimum Gasteiger partial charge on any atom is -0.507 e. The van der Waals surface area contributed by atoms with Crippen molar-refractivity contribution in [1.29, 1.82) is 0 Å². The van der Waals surface area contributed by atoms with Gasteiger partial charge >= 0.3 is 0 Å². The van der Waals surface area contributed by atoms with Gasteiger partial charge in [0.05, 0.1) is 0 Å². The Hall–Kier alpha value is -2.29. The molecule has 0 saturated carbocycles. The third kappa shape index (κ3) is 3.63. The summed E-state index contributed by atoms with van der Waals surface area (Å²) in [6.07, 6.45) is 1.57. The summed E-state index contributed by atoms with van der Waals surface area (Å²) in [5.74, 6) is 0.308. The smallest absolute Gasteiger partial charge is 0.141 e. The monoisotopic (exact) mass is 283 g/mol. The molecule has 0 atom stereocenters. The van der Waals surface area contributed by atoms with E-state index in [0.717, 1.165) is 11.1 Å². The van der Waals surface area contributed by atoms with E-state index >= 15 is 0 Å². The second-order valence-corrected chi connectivity index (χ2v) is 6.27. The third-order valence-corrected chi connectivity index (χ3v) is 3.37. The van der Waals surface area contributed by atoms with Crippen molar-refractivity contribution in [2.75, 3.05) is 0 Å². The number of hydrogen-bond donors (Lipinski definition) is 2. The van der Waals surface area contributed by atoms with Gasteiger partial charge in [0.2, 0.25) is 0 Å². The number of phenols is 2. The van der Waals surface area contributed by atoms with E-state index in [1.165, 1.54) is 0 Å². The van der Waals surface area contributed by atoms with Crippen molar-refractivity contribution in [3.8, 4) is 11.5 Å². The molecule has 2 aromatic carbocycles. The first-order chi connectivity index (χ1) is 9.77. The number of hydrogen-bond acceptors (Lipinski definition) is 3. The zero-order valence-electron chi connectivity index (χ0n) is 12.9. The summed E-state index contributed by atoms with van der Waals surface area (Å²) in [6, 6.07) is 10.8. The van der Waals surface area contributed by atoms with Gasteiger partial charge in [-0.05, 0) is 42.2 Å². The molecule has 21 heavy (non-hydrogen) atoms. The highest BCUT2D eigenvalue weighted by Crippen LogP contribution is 2.32. The zero-order valence-corrected chi connectivity index (χ0v) is 12.9. The molecular weight excluding hydrogens is 262 g/mol. The van der Waals surface area contributed by atoms with Crippen LogP contribution in [-0.2, 0) is 5.41 Å². The molecule has 3 nitrogen and oxygen atoms in total. The van der Waals surface area contributed by atoms with Crippen LogP contribution in [0.4, 0.5) is 5.69 Å². The molecule has 110 valence electrons. The van der Waals surface area contributed by atoms with Gasteiger partial charge in [-0.1, -0.05) is 38.5 Å². The van der Waals surface area contributed by atoms with Gasteiger partial charge in [0, 0.05) is 11.8 Å². The highest BCUT2D eigenvalue weighted by molar-refractivity contribution is 5.86. The van der Waals surface area contributed by atoms with Crippen LogP contribution in [0.1, 0.15) is 37.5 Å². The Kier molecular flexibility index (Phi) is 4.03. The molecule has 0 unspecified atom stereocenters. The topological polar surface area (TPSA) is 52.8 Å². The first-order valence-electron chi connectivity index (χ1n) is 6.94. The Morgan fingerprint density at radius 2 is 1.62 bits per heavy atom. The van der Waals surface area contributed by atoms with E-state index in [2.05, 4.69) is 25.8 Å². The van der Waals surface area contributed by atoms with Crippen LogP contribution in [0.5, 0.6) is 11.5 Å². The number of phenolic OH excluding ortho intramolecular Hbond substituents is 2. The molecule has 0 spiro atoms. The summed E-state index contributed by atoms with van der Waals surface area (Å²) >= 11 is 0. The second kappa shape index (κ2) is 5.60. The average molecular weight is 283 g/mol. The van der Waals surface area contributed by atoms with Crippen molar-refractivity contribution in [2.24, 2.45) is 4.99 Å². The normalized spacial score (nSPS) is 12.0. The molecular formula is C18H21NO2. The average Bonchev–Trinajstić information content (AvgIpc) is 2.40. The fourth-order valence-electron chi connectivity index (χ4n) is 2.01. The SMILES string of the molecule is Cc1ccc(O)c(C=Nc2cc(C(C)(C)C)ccc2O)c1. The van der Waals surface area contributed by atoms with Gasteiger partial charge in [0.15, 0.2) is 0 Å². The van der Waals surface area contributed by atoms with Crippen LogP contribution in [0, 0.1) is 6.92 Å². The molecule has 3 heteroatoms. The van der Waals surface area contributed by atoms with Crippen molar-refractivity contribution >= 4 is 11.9 Å². The van der Waals surface area contributed by atoms with Crippen molar-refractivity contribution in [2.45, 2.75) is 33.1 Å². The summed E-state index contributed by atoms with van der Waals surface area (Å²) in [6.45, 7) is 8.28. The predicted molar refractivity (Wildman–Crippen MR) is 86.9 cm³/mol. The van der Waals surface area contributed by atoms with Crippen LogP contribution in [-0.4, -0.2) is 16.4 Å². The van der Waals surface area contributed by atoms with Gasteiger partial charge in [-0.2, -0.15) is 0 Å². The molecule has 0 amide bonds. The Bertz CT molecular complexity index is 682.